The third-order valence-electron chi connectivity index (χ3n) is 2.73. The average Bonchev–Trinajstić information content (AvgIpc) is 2.85. The molecule has 1 N–H and O–H groups in total. The number of sulfonamides is 1. The van der Waals surface area contributed by atoms with E-state index in [9.17, 15) is 8.42 Å². The van der Waals surface area contributed by atoms with Crippen LogP contribution in [0, 0.1) is 6.92 Å². The highest BCUT2D eigenvalue weighted by Crippen LogP contribution is 2.17. The molecule has 2 rings (SSSR count). The summed E-state index contributed by atoms with van der Waals surface area (Å²) in [6, 6.07) is 6.16. The molecule has 1 atom stereocenters. The minimum atomic E-state index is -3.59. The first-order valence-corrected chi connectivity index (χ1v) is 8.62. The number of aromatic nitrogens is 1. The SMILES string of the molecule is Cc1cnc(C(C)NS(=O)(=O)c2ccc(CBr)cc2)o1. The Kier molecular flexibility index (Phi) is 4.62. The Labute approximate surface area is 126 Å². The van der Waals surface area contributed by atoms with E-state index in [1.165, 1.54) is 0 Å². The van der Waals surface area contributed by atoms with Crippen molar-refractivity contribution in [2.75, 3.05) is 0 Å². The van der Waals surface area contributed by atoms with Gasteiger partial charge in [0.1, 0.15) is 5.76 Å². The third-order valence-corrected chi connectivity index (χ3v) is 4.93. The van der Waals surface area contributed by atoms with Gasteiger partial charge in [0.25, 0.3) is 0 Å². The maximum Gasteiger partial charge on any atom is 0.241 e. The van der Waals surface area contributed by atoms with Crippen LogP contribution in [0.25, 0.3) is 0 Å². The molecule has 0 saturated carbocycles. The van der Waals surface area contributed by atoms with Crippen LogP contribution in [0.4, 0.5) is 0 Å². The lowest BCUT2D eigenvalue weighted by Crippen LogP contribution is -2.27. The van der Waals surface area contributed by atoms with Gasteiger partial charge < -0.3 is 4.42 Å². The van der Waals surface area contributed by atoms with E-state index in [4.69, 9.17) is 4.42 Å². The molecule has 2 aromatic rings. The van der Waals surface area contributed by atoms with E-state index in [2.05, 4.69) is 25.6 Å². The Morgan fingerprint density at radius 1 is 1.35 bits per heavy atom. The topological polar surface area (TPSA) is 72.2 Å². The number of rotatable bonds is 5. The van der Waals surface area contributed by atoms with Gasteiger partial charge in [-0.05, 0) is 31.5 Å². The monoisotopic (exact) mass is 358 g/mol. The van der Waals surface area contributed by atoms with Crippen LogP contribution in [0.2, 0.25) is 0 Å². The Morgan fingerprint density at radius 3 is 2.50 bits per heavy atom. The van der Waals surface area contributed by atoms with Gasteiger partial charge in [0, 0.05) is 5.33 Å². The maximum atomic E-state index is 12.2. The predicted molar refractivity (Wildman–Crippen MR) is 79.0 cm³/mol. The summed E-state index contributed by atoms with van der Waals surface area (Å²) in [5, 5.41) is 0.687. The molecule has 5 nitrogen and oxygen atoms in total. The third kappa shape index (κ3) is 3.47. The Hall–Kier alpha value is -1.18. The molecule has 20 heavy (non-hydrogen) atoms. The van der Waals surface area contributed by atoms with Gasteiger partial charge in [-0.25, -0.2) is 13.4 Å². The second-order valence-corrected chi connectivity index (χ2v) is 6.70. The van der Waals surface area contributed by atoms with Crippen molar-refractivity contribution in [2.45, 2.75) is 30.1 Å². The summed E-state index contributed by atoms with van der Waals surface area (Å²) in [5.41, 5.74) is 1.01. The molecule has 0 aliphatic heterocycles. The van der Waals surface area contributed by atoms with Crippen LogP contribution in [0.5, 0.6) is 0 Å². The van der Waals surface area contributed by atoms with Crippen LogP contribution in [0.3, 0.4) is 0 Å². The molecule has 1 aromatic heterocycles. The van der Waals surface area contributed by atoms with Gasteiger partial charge in [-0.3, -0.25) is 0 Å². The molecule has 1 aromatic carbocycles. The van der Waals surface area contributed by atoms with E-state index >= 15 is 0 Å². The Balaban J connectivity index is 2.17. The quantitative estimate of drug-likeness (QED) is 0.834. The smallest absolute Gasteiger partial charge is 0.241 e. The fourth-order valence-corrected chi connectivity index (χ4v) is 3.25. The second kappa shape index (κ2) is 6.07. The molecule has 0 bridgehead atoms. The number of nitrogens with one attached hydrogen (secondary N) is 1. The van der Waals surface area contributed by atoms with Gasteiger partial charge in [0.2, 0.25) is 15.9 Å². The van der Waals surface area contributed by atoms with Crippen molar-refractivity contribution in [3.8, 4) is 0 Å². The number of alkyl halides is 1. The van der Waals surface area contributed by atoms with Gasteiger partial charge in [0.05, 0.1) is 17.1 Å². The molecule has 1 heterocycles. The van der Waals surface area contributed by atoms with E-state index in [0.29, 0.717) is 17.0 Å². The molecule has 108 valence electrons. The summed E-state index contributed by atoms with van der Waals surface area (Å²) in [7, 11) is -3.59. The average molecular weight is 359 g/mol. The van der Waals surface area contributed by atoms with Crippen LogP contribution in [-0.4, -0.2) is 13.4 Å². The van der Waals surface area contributed by atoms with E-state index in [1.54, 1.807) is 44.3 Å². The second-order valence-electron chi connectivity index (χ2n) is 4.43. The molecule has 0 amide bonds. The van der Waals surface area contributed by atoms with Crippen molar-refractivity contribution in [3.05, 3.63) is 47.7 Å². The molecule has 0 radical (unpaired) electrons. The van der Waals surface area contributed by atoms with Gasteiger partial charge in [-0.2, -0.15) is 4.72 Å². The first kappa shape index (κ1) is 15.2. The van der Waals surface area contributed by atoms with Gasteiger partial charge in [0.15, 0.2) is 0 Å². The number of hydrogen-bond donors (Lipinski definition) is 1. The first-order valence-electron chi connectivity index (χ1n) is 6.02. The fraction of sp³-hybridized carbons (Fsp3) is 0.308. The van der Waals surface area contributed by atoms with Crippen molar-refractivity contribution >= 4 is 26.0 Å². The highest BCUT2D eigenvalue weighted by atomic mass is 79.9. The summed E-state index contributed by atoms with van der Waals surface area (Å²) in [6.45, 7) is 3.45. The Bertz CT molecular complexity index is 680. The van der Waals surface area contributed by atoms with Gasteiger partial charge in [-0.1, -0.05) is 28.1 Å². The van der Waals surface area contributed by atoms with Crippen molar-refractivity contribution in [1.82, 2.24) is 9.71 Å². The number of oxazole rings is 1. The van der Waals surface area contributed by atoms with Crippen LogP contribution in [-0.2, 0) is 15.4 Å². The number of benzene rings is 1. The lowest BCUT2D eigenvalue weighted by Gasteiger charge is -2.11. The van der Waals surface area contributed by atoms with Gasteiger partial charge in [-0.15, -0.1) is 0 Å². The van der Waals surface area contributed by atoms with Crippen molar-refractivity contribution in [2.24, 2.45) is 0 Å². The van der Waals surface area contributed by atoms with Crippen LogP contribution >= 0.6 is 15.9 Å². The molecule has 1 unspecified atom stereocenters. The molecule has 0 aliphatic rings. The van der Waals surface area contributed by atoms with E-state index in [0.717, 1.165) is 5.56 Å². The lowest BCUT2D eigenvalue weighted by atomic mass is 10.2. The minimum absolute atomic E-state index is 0.220. The summed E-state index contributed by atoms with van der Waals surface area (Å²) < 4.78 is 32.3. The molecule has 7 heteroatoms. The van der Waals surface area contributed by atoms with Crippen molar-refractivity contribution in [1.29, 1.82) is 0 Å². The summed E-state index contributed by atoms with van der Waals surface area (Å²) >= 11 is 3.32. The first-order chi connectivity index (χ1) is 9.42. The molecular weight excluding hydrogens is 344 g/mol. The van der Waals surface area contributed by atoms with E-state index < -0.39 is 16.1 Å². The molecular formula is C13H15BrN2O3S. The zero-order valence-electron chi connectivity index (χ0n) is 11.1. The lowest BCUT2D eigenvalue weighted by molar-refractivity contribution is 0.428. The zero-order valence-corrected chi connectivity index (χ0v) is 13.5. The number of halogens is 1. The van der Waals surface area contributed by atoms with Gasteiger partial charge >= 0.3 is 0 Å². The highest BCUT2D eigenvalue weighted by Gasteiger charge is 2.21. The standard InChI is InChI=1S/C13H15BrN2O3S/c1-9-8-15-13(19-9)10(2)16-20(17,18)12-5-3-11(7-14)4-6-12/h3-6,8,10,16H,7H2,1-2H3. The number of hydrogen-bond acceptors (Lipinski definition) is 4. The summed E-state index contributed by atoms with van der Waals surface area (Å²) in [6.07, 6.45) is 1.56. The van der Waals surface area contributed by atoms with E-state index in [-0.39, 0.29) is 4.90 Å². The maximum absolute atomic E-state index is 12.2. The molecule has 0 aliphatic carbocycles. The van der Waals surface area contributed by atoms with Crippen molar-refractivity contribution < 1.29 is 12.8 Å². The van der Waals surface area contributed by atoms with Crippen LogP contribution in [0.1, 0.15) is 30.2 Å². The highest BCUT2D eigenvalue weighted by molar-refractivity contribution is 9.08. The normalized spacial score (nSPS) is 13.3. The summed E-state index contributed by atoms with van der Waals surface area (Å²) in [4.78, 5) is 4.24. The molecule has 0 spiro atoms. The molecule has 0 fully saturated rings. The largest absolute Gasteiger partial charge is 0.444 e. The van der Waals surface area contributed by atoms with E-state index in [1.807, 2.05) is 0 Å². The zero-order chi connectivity index (χ0) is 14.8. The predicted octanol–water partition coefficient (Wildman–Crippen LogP) is 2.92. The minimum Gasteiger partial charge on any atom is -0.444 e. The summed E-state index contributed by atoms with van der Waals surface area (Å²) in [5.74, 6) is 0.996. The number of nitrogens with zero attached hydrogens (tertiary/aromatic N) is 1. The number of aryl methyl sites for hydroxylation is 1. The van der Waals surface area contributed by atoms with Crippen molar-refractivity contribution in [3.63, 3.8) is 0 Å². The fourth-order valence-electron chi connectivity index (χ4n) is 1.68. The molecule has 0 saturated heterocycles. The van der Waals surface area contributed by atoms with Crippen LogP contribution in [0.15, 0.2) is 39.8 Å². The van der Waals surface area contributed by atoms with Crippen LogP contribution < -0.4 is 4.72 Å². The Morgan fingerprint density at radius 2 is 2.00 bits per heavy atom.